The maximum atomic E-state index is 11.6. The number of rotatable bonds is 0. The lowest BCUT2D eigenvalue weighted by Gasteiger charge is -2.30. The van der Waals surface area contributed by atoms with Gasteiger partial charge in [-0.3, -0.25) is 4.79 Å². The van der Waals surface area contributed by atoms with Gasteiger partial charge in [-0.2, -0.15) is 0 Å². The summed E-state index contributed by atoms with van der Waals surface area (Å²) in [7, 11) is 0. The summed E-state index contributed by atoms with van der Waals surface area (Å²) in [6.45, 7) is 2.90. The Morgan fingerprint density at radius 1 is 1.64 bits per heavy atom. The highest BCUT2D eigenvalue weighted by Gasteiger charge is 2.52. The summed E-state index contributed by atoms with van der Waals surface area (Å²) < 4.78 is 0.218. The number of hydrogen-bond acceptors (Lipinski definition) is 3. The van der Waals surface area contributed by atoms with Gasteiger partial charge in [0.05, 0.1) is 10.3 Å². The summed E-state index contributed by atoms with van der Waals surface area (Å²) in [6, 6.07) is 0.345. The van der Waals surface area contributed by atoms with Gasteiger partial charge in [0.2, 0.25) is 0 Å². The Hall–Kier alpha value is -0.900. The third-order valence-corrected chi connectivity index (χ3v) is 4.31. The predicted octanol–water partition coefficient (Wildman–Crippen LogP) is 0.404. The molecule has 0 aromatic carbocycles. The molecule has 2 atom stereocenters. The summed E-state index contributed by atoms with van der Waals surface area (Å²) in [4.78, 5) is 11.6. The number of nitrogens with one attached hydrogen (secondary N) is 2. The fraction of sp³-hybridized carbons (Fsp3) is 0.500. The van der Waals surface area contributed by atoms with E-state index in [9.17, 15) is 4.79 Å². The molecule has 0 saturated carbocycles. The van der Waals surface area contributed by atoms with E-state index in [-0.39, 0.29) is 10.7 Å². The molecule has 3 aliphatic rings. The highest BCUT2D eigenvalue weighted by Crippen LogP contribution is 2.54. The molecule has 1 unspecified atom stereocenters. The van der Waals surface area contributed by atoms with E-state index in [1.807, 2.05) is 18.0 Å². The fourth-order valence-corrected chi connectivity index (χ4v) is 2.96. The van der Waals surface area contributed by atoms with Gasteiger partial charge in [0.25, 0.3) is 5.91 Å². The van der Waals surface area contributed by atoms with E-state index >= 15 is 0 Å². The van der Waals surface area contributed by atoms with Crippen LogP contribution in [0.1, 0.15) is 6.92 Å². The number of carbonyl (C=O) groups excluding carboxylic acids is 1. The number of thioether (sulfide) groups is 1. The van der Waals surface area contributed by atoms with Gasteiger partial charge in [-0.15, -0.1) is 11.8 Å². The van der Waals surface area contributed by atoms with Crippen LogP contribution < -0.4 is 10.6 Å². The molecule has 0 aliphatic carbocycles. The first kappa shape index (κ1) is 8.41. The number of amides is 1. The van der Waals surface area contributed by atoms with Crippen molar-refractivity contribution >= 4 is 17.7 Å². The van der Waals surface area contributed by atoms with Crippen molar-refractivity contribution in [3.63, 3.8) is 0 Å². The predicted molar refractivity (Wildman–Crippen MR) is 57.0 cm³/mol. The van der Waals surface area contributed by atoms with Gasteiger partial charge in [0.15, 0.2) is 0 Å². The molecule has 4 heteroatoms. The van der Waals surface area contributed by atoms with Gasteiger partial charge in [0.1, 0.15) is 0 Å². The van der Waals surface area contributed by atoms with Crippen molar-refractivity contribution in [1.29, 1.82) is 0 Å². The Bertz CT molecular complexity index is 368. The van der Waals surface area contributed by atoms with Crippen molar-refractivity contribution < 1.29 is 4.79 Å². The van der Waals surface area contributed by atoms with E-state index in [0.29, 0.717) is 6.04 Å². The Balaban J connectivity index is 2.05. The number of carbonyl (C=O) groups is 1. The molecule has 0 aromatic heterocycles. The number of piperidine rings is 1. The number of dihydropyridines is 1. The topological polar surface area (TPSA) is 41.1 Å². The molecular weight excluding hydrogens is 196 g/mol. The lowest BCUT2D eigenvalue weighted by atomic mass is 9.87. The summed E-state index contributed by atoms with van der Waals surface area (Å²) in [5.74, 6) is 1.21. The van der Waals surface area contributed by atoms with Crippen LogP contribution in [0.25, 0.3) is 0 Å². The van der Waals surface area contributed by atoms with Crippen molar-refractivity contribution in [3.8, 4) is 0 Å². The summed E-state index contributed by atoms with van der Waals surface area (Å²) in [6.07, 6.45) is 4.04. The zero-order chi connectivity index (χ0) is 9.76. The van der Waals surface area contributed by atoms with E-state index < -0.39 is 0 Å². The second-order valence-corrected chi connectivity index (χ2v) is 5.42. The van der Waals surface area contributed by atoms with Crippen molar-refractivity contribution in [2.24, 2.45) is 0 Å². The van der Waals surface area contributed by atoms with Gasteiger partial charge in [-0.25, -0.2) is 0 Å². The van der Waals surface area contributed by atoms with Crippen LogP contribution in [0.3, 0.4) is 0 Å². The van der Waals surface area contributed by atoms with Crippen molar-refractivity contribution in [3.05, 3.63) is 23.4 Å². The summed E-state index contributed by atoms with van der Waals surface area (Å²) >= 11 is 1.93. The molecular formula is C10H12N2OS. The molecule has 3 heterocycles. The zero-order valence-electron chi connectivity index (χ0n) is 7.96. The zero-order valence-corrected chi connectivity index (χ0v) is 8.78. The first-order valence-corrected chi connectivity index (χ1v) is 5.81. The van der Waals surface area contributed by atoms with Crippen LogP contribution in [-0.4, -0.2) is 29.0 Å². The molecule has 1 spiro atoms. The summed E-state index contributed by atoms with van der Waals surface area (Å²) in [5.41, 5.74) is 2.08. The molecule has 1 amide bonds. The Morgan fingerprint density at radius 2 is 2.43 bits per heavy atom. The Labute approximate surface area is 87.0 Å². The van der Waals surface area contributed by atoms with E-state index in [0.717, 1.165) is 17.9 Å². The molecule has 2 N–H and O–H groups in total. The molecule has 0 bridgehead atoms. The quantitative estimate of drug-likeness (QED) is 0.566. The lowest BCUT2D eigenvalue weighted by molar-refractivity contribution is -0.117. The van der Waals surface area contributed by atoms with E-state index in [2.05, 4.69) is 23.6 Å². The van der Waals surface area contributed by atoms with Crippen molar-refractivity contribution in [1.82, 2.24) is 10.6 Å². The highest BCUT2D eigenvalue weighted by molar-refractivity contribution is 8.08. The molecule has 3 aliphatic heterocycles. The molecule has 3 rings (SSSR count). The largest absolute Gasteiger partial charge is 0.384 e. The maximum Gasteiger partial charge on any atom is 0.253 e. The molecule has 74 valence electrons. The average Bonchev–Trinajstić information content (AvgIpc) is 2.93. The third-order valence-electron chi connectivity index (χ3n) is 2.96. The Kier molecular flexibility index (Phi) is 1.54. The average molecular weight is 208 g/mol. The maximum absolute atomic E-state index is 11.6. The number of fused-ring (bicyclic) bond motifs is 2. The van der Waals surface area contributed by atoms with E-state index in [1.165, 1.54) is 5.57 Å². The first-order valence-electron chi connectivity index (χ1n) is 4.82. The van der Waals surface area contributed by atoms with Crippen molar-refractivity contribution in [2.45, 2.75) is 17.7 Å². The van der Waals surface area contributed by atoms with Gasteiger partial charge in [0, 0.05) is 24.5 Å². The van der Waals surface area contributed by atoms with E-state index in [1.54, 1.807) is 0 Å². The standard InChI is InChI=1S/C10H12N2OS/c1-6-2-8-7(3-11-6)9(13)12-4-10(8)5-14-10/h2-3,6,11H,4-5H2,1H3,(H,12,13)/t6?,10-/m0/s1. The van der Waals surface area contributed by atoms with E-state index in [4.69, 9.17) is 0 Å². The molecule has 2 saturated heterocycles. The van der Waals surface area contributed by atoms with Crippen LogP contribution in [0.4, 0.5) is 0 Å². The van der Waals surface area contributed by atoms with Crippen LogP contribution in [0.2, 0.25) is 0 Å². The minimum atomic E-state index is 0.0637. The van der Waals surface area contributed by atoms with Gasteiger partial charge >= 0.3 is 0 Å². The second kappa shape index (κ2) is 2.57. The highest BCUT2D eigenvalue weighted by atomic mass is 32.2. The van der Waals surface area contributed by atoms with Crippen LogP contribution in [0.5, 0.6) is 0 Å². The van der Waals surface area contributed by atoms with Crippen LogP contribution in [0, 0.1) is 0 Å². The van der Waals surface area contributed by atoms with Gasteiger partial charge < -0.3 is 10.6 Å². The first-order chi connectivity index (χ1) is 6.71. The third kappa shape index (κ3) is 1.03. The van der Waals surface area contributed by atoms with Crippen LogP contribution in [0.15, 0.2) is 23.4 Å². The summed E-state index contributed by atoms with van der Waals surface area (Å²) in [5, 5.41) is 6.11. The molecule has 14 heavy (non-hydrogen) atoms. The molecule has 0 aromatic rings. The second-order valence-electron chi connectivity index (χ2n) is 4.06. The number of hydrogen-bond donors (Lipinski definition) is 2. The minimum Gasteiger partial charge on any atom is -0.384 e. The molecule has 0 radical (unpaired) electrons. The fourth-order valence-electron chi connectivity index (χ4n) is 2.02. The van der Waals surface area contributed by atoms with Crippen molar-refractivity contribution in [2.75, 3.05) is 12.3 Å². The molecule has 3 nitrogen and oxygen atoms in total. The monoisotopic (exact) mass is 208 g/mol. The smallest absolute Gasteiger partial charge is 0.253 e. The van der Waals surface area contributed by atoms with Gasteiger partial charge in [-0.05, 0) is 12.5 Å². The molecule has 2 fully saturated rings. The van der Waals surface area contributed by atoms with Crippen LogP contribution in [-0.2, 0) is 4.79 Å². The SMILES string of the molecule is CC1C=C2C(=CN1)C(=O)NC[C@]21CS1. The normalized spacial score (nSPS) is 39.2. The van der Waals surface area contributed by atoms with Crippen LogP contribution >= 0.6 is 11.8 Å². The Morgan fingerprint density at radius 3 is 3.14 bits per heavy atom. The lowest BCUT2D eigenvalue weighted by Crippen LogP contribution is -2.46. The minimum absolute atomic E-state index is 0.0637. The van der Waals surface area contributed by atoms with Gasteiger partial charge in [-0.1, -0.05) is 6.08 Å².